The highest BCUT2D eigenvalue weighted by molar-refractivity contribution is 5.36. The number of aromatic nitrogens is 1. The van der Waals surface area contributed by atoms with E-state index in [4.69, 9.17) is 4.74 Å². The van der Waals surface area contributed by atoms with Crippen molar-refractivity contribution in [2.45, 2.75) is 20.0 Å². The van der Waals surface area contributed by atoms with Gasteiger partial charge in [0.25, 0.3) is 0 Å². The molecule has 0 aliphatic carbocycles. The molecule has 1 N–H and O–H groups in total. The van der Waals surface area contributed by atoms with Crippen molar-refractivity contribution in [1.82, 2.24) is 4.98 Å². The summed E-state index contributed by atoms with van der Waals surface area (Å²) in [6.07, 6.45) is 2.81. The van der Waals surface area contributed by atoms with E-state index in [0.29, 0.717) is 6.61 Å². The quantitative estimate of drug-likeness (QED) is 0.873. The molecule has 2 aromatic rings. The van der Waals surface area contributed by atoms with E-state index in [1.165, 1.54) is 5.56 Å². The highest BCUT2D eigenvalue weighted by Crippen LogP contribution is 2.16. The third kappa shape index (κ3) is 3.23. The van der Waals surface area contributed by atoms with E-state index < -0.39 is 0 Å². The molecule has 2 rings (SSSR count). The molecule has 0 fully saturated rings. The van der Waals surface area contributed by atoms with Gasteiger partial charge in [0.05, 0.1) is 0 Å². The summed E-state index contributed by atoms with van der Waals surface area (Å²) in [7, 11) is 1.86. The van der Waals surface area contributed by atoms with E-state index in [2.05, 4.69) is 29.4 Å². The Kier molecular flexibility index (Phi) is 4.18. The minimum Gasteiger partial charge on any atom is -0.489 e. The first-order chi connectivity index (χ1) is 8.81. The van der Waals surface area contributed by atoms with Crippen LogP contribution < -0.4 is 10.1 Å². The zero-order valence-electron chi connectivity index (χ0n) is 10.8. The highest BCUT2D eigenvalue weighted by Gasteiger charge is 1.99. The van der Waals surface area contributed by atoms with Gasteiger partial charge in [-0.3, -0.25) is 0 Å². The third-order valence-corrected chi connectivity index (χ3v) is 2.79. The molecular formula is C15H18N2O. The van der Waals surface area contributed by atoms with Gasteiger partial charge < -0.3 is 10.1 Å². The summed E-state index contributed by atoms with van der Waals surface area (Å²) in [5.74, 6) is 1.77. The van der Waals surface area contributed by atoms with Crippen LogP contribution in [-0.2, 0) is 13.0 Å². The molecule has 1 aromatic carbocycles. The largest absolute Gasteiger partial charge is 0.489 e. The minimum atomic E-state index is 0.560. The van der Waals surface area contributed by atoms with E-state index in [1.54, 1.807) is 6.20 Å². The van der Waals surface area contributed by atoms with E-state index in [-0.39, 0.29) is 0 Å². The molecule has 0 spiro atoms. The van der Waals surface area contributed by atoms with Crippen LogP contribution in [0.1, 0.15) is 18.1 Å². The van der Waals surface area contributed by atoms with Crippen LogP contribution in [0.5, 0.6) is 5.75 Å². The van der Waals surface area contributed by atoms with Crippen LogP contribution in [0, 0.1) is 0 Å². The second-order valence-corrected chi connectivity index (χ2v) is 4.09. The number of hydrogen-bond acceptors (Lipinski definition) is 3. The molecule has 0 saturated carbocycles. The summed E-state index contributed by atoms with van der Waals surface area (Å²) < 4.78 is 5.78. The molecule has 1 aromatic heterocycles. The first-order valence-electron chi connectivity index (χ1n) is 6.16. The Morgan fingerprint density at radius 3 is 2.83 bits per heavy atom. The third-order valence-electron chi connectivity index (χ3n) is 2.79. The molecule has 0 amide bonds. The maximum absolute atomic E-state index is 5.78. The normalized spacial score (nSPS) is 10.1. The molecule has 3 heteroatoms. The summed E-state index contributed by atoms with van der Waals surface area (Å²) in [5.41, 5.74) is 2.40. The van der Waals surface area contributed by atoms with Crippen molar-refractivity contribution in [2.24, 2.45) is 0 Å². The molecule has 0 saturated heterocycles. The lowest BCUT2D eigenvalue weighted by Gasteiger charge is -2.08. The van der Waals surface area contributed by atoms with Gasteiger partial charge in [0.15, 0.2) is 0 Å². The predicted octanol–water partition coefficient (Wildman–Crippen LogP) is 3.26. The van der Waals surface area contributed by atoms with Crippen molar-refractivity contribution in [1.29, 1.82) is 0 Å². The van der Waals surface area contributed by atoms with Gasteiger partial charge in [-0.25, -0.2) is 4.98 Å². The molecule has 0 radical (unpaired) electrons. The molecule has 18 heavy (non-hydrogen) atoms. The molecule has 0 aliphatic heterocycles. The summed E-state index contributed by atoms with van der Waals surface area (Å²) in [4.78, 5) is 4.17. The first kappa shape index (κ1) is 12.4. The average molecular weight is 242 g/mol. The number of nitrogens with zero attached hydrogens (tertiary/aromatic N) is 1. The Bertz CT molecular complexity index is 464. The highest BCUT2D eigenvalue weighted by atomic mass is 16.5. The van der Waals surface area contributed by atoms with Crippen molar-refractivity contribution in [3.63, 3.8) is 0 Å². The van der Waals surface area contributed by atoms with Gasteiger partial charge in [0.1, 0.15) is 18.2 Å². The van der Waals surface area contributed by atoms with E-state index >= 15 is 0 Å². The Labute approximate surface area is 108 Å². The van der Waals surface area contributed by atoms with Gasteiger partial charge in [0, 0.05) is 13.2 Å². The number of pyridine rings is 1. The first-order valence-corrected chi connectivity index (χ1v) is 6.16. The smallest absolute Gasteiger partial charge is 0.126 e. The fraction of sp³-hybridized carbons (Fsp3) is 0.267. The van der Waals surface area contributed by atoms with Gasteiger partial charge in [-0.15, -0.1) is 0 Å². The van der Waals surface area contributed by atoms with Gasteiger partial charge in [0.2, 0.25) is 0 Å². The standard InChI is InChI=1S/C15H18N2O/c1-3-12-5-4-6-14(9-12)18-11-13-7-8-17-15(10-13)16-2/h4-10H,3,11H2,1-2H3,(H,16,17). The number of nitrogens with one attached hydrogen (secondary N) is 1. The maximum Gasteiger partial charge on any atom is 0.126 e. The second kappa shape index (κ2) is 6.05. The van der Waals surface area contributed by atoms with Crippen LogP contribution in [0.4, 0.5) is 5.82 Å². The topological polar surface area (TPSA) is 34.1 Å². The van der Waals surface area contributed by atoms with Gasteiger partial charge >= 0.3 is 0 Å². The van der Waals surface area contributed by atoms with Crippen LogP contribution in [0.3, 0.4) is 0 Å². The van der Waals surface area contributed by atoms with Crippen molar-refractivity contribution in [2.75, 3.05) is 12.4 Å². The van der Waals surface area contributed by atoms with Crippen LogP contribution in [0.2, 0.25) is 0 Å². The lowest BCUT2D eigenvalue weighted by Crippen LogP contribution is -1.98. The number of aryl methyl sites for hydroxylation is 1. The van der Waals surface area contributed by atoms with Crippen LogP contribution >= 0.6 is 0 Å². The molecule has 0 aliphatic rings. The van der Waals surface area contributed by atoms with Crippen molar-refractivity contribution in [3.8, 4) is 5.75 Å². The number of benzene rings is 1. The average Bonchev–Trinajstić information content (AvgIpc) is 2.45. The van der Waals surface area contributed by atoms with E-state index in [0.717, 1.165) is 23.6 Å². The number of anilines is 1. The Hall–Kier alpha value is -2.03. The summed E-state index contributed by atoms with van der Waals surface area (Å²) >= 11 is 0. The van der Waals surface area contributed by atoms with E-state index in [9.17, 15) is 0 Å². The number of hydrogen-bond donors (Lipinski definition) is 1. The fourth-order valence-electron chi connectivity index (χ4n) is 1.72. The lowest BCUT2D eigenvalue weighted by molar-refractivity contribution is 0.306. The maximum atomic E-state index is 5.78. The molecule has 3 nitrogen and oxygen atoms in total. The summed E-state index contributed by atoms with van der Waals surface area (Å²) in [6.45, 7) is 2.70. The van der Waals surface area contributed by atoms with Crippen molar-refractivity contribution < 1.29 is 4.74 Å². The Morgan fingerprint density at radius 1 is 1.17 bits per heavy atom. The van der Waals surface area contributed by atoms with Gasteiger partial charge in [-0.1, -0.05) is 19.1 Å². The monoisotopic (exact) mass is 242 g/mol. The van der Waals surface area contributed by atoms with E-state index in [1.807, 2.05) is 31.3 Å². The number of ether oxygens (including phenoxy) is 1. The van der Waals surface area contributed by atoms with Crippen molar-refractivity contribution in [3.05, 3.63) is 53.7 Å². The summed E-state index contributed by atoms with van der Waals surface area (Å²) in [5, 5.41) is 3.02. The summed E-state index contributed by atoms with van der Waals surface area (Å²) in [6, 6.07) is 12.2. The van der Waals surface area contributed by atoms with Gasteiger partial charge in [-0.2, -0.15) is 0 Å². The molecule has 0 atom stereocenters. The fourth-order valence-corrected chi connectivity index (χ4v) is 1.72. The van der Waals surface area contributed by atoms with Crippen LogP contribution in [0.15, 0.2) is 42.6 Å². The second-order valence-electron chi connectivity index (χ2n) is 4.09. The predicted molar refractivity (Wildman–Crippen MR) is 73.9 cm³/mol. The molecule has 1 heterocycles. The Morgan fingerprint density at radius 2 is 2.06 bits per heavy atom. The molecule has 0 unspecified atom stereocenters. The van der Waals surface area contributed by atoms with Crippen LogP contribution in [-0.4, -0.2) is 12.0 Å². The lowest BCUT2D eigenvalue weighted by atomic mass is 10.2. The van der Waals surface area contributed by atoms with Crippen molar-refractivity contribution >= 4 is 5.82 Å². The zero-order chi connectivity index (χ0) is 12.8. The van der Waals surface area contributed by atoms with Gasteiger partial charge in [-0.05, 0) is 41.8 Å². The molecule has 94 valence electrons. The Balaban J connectivity index is 2.01. The zero-order valence-corrected chi connectivity index (χ0v) is 10.8. The molecule has 0 bridgehead atoms. The van der Waals surface area contributed by atoms with Crippen LogP contribution in [0.25, 0.3) is 0 Å². The molecular weight excluding hydrogens is 224 g/mol. The minimum absolute atomic E-state index is 0.560. The SMILES string of the molecule is CCc1cccc(OCc2ccnc(NC)c2)c1. The number of rotatable bonds is 5.